The van der Waals surface area contributed by atoms with Crippen LogP contribution < -0.4 is 9.47 Å². The first-order valence-corrected chi connectivity index (χ1v) is 11.9. The third-order valence-corrected chi connectivity index (χ3v) is 5.88. The normalized spacial score (nSPS) is 16.8. The summed E-state index contributed by atoms with van der Waals surface area (Å²) >= 11 is 0. The quantitative estimate of drug-likeness (QED) is 0.180. The van der Waals surface area contributed by atoms with Gasteiger partial charge in [0.05, 0.1) is 18.2 Å². The second-order valence-corrected chi connectivity index (χ2v) is 8.28. The Bertz CT molecular complexity index is 1240. The fourth-order valence-corrected chi connectivity index (χ4v) is 4.24. The van der Waals surface area contributed by atoms with Crippen molar-refractivity contribution in [3.05, 3.63) is 95.6 Å². The third kappa shape index (κ3) is 5.42. The van der Waals surface area contributed by atoms with Crippen molar-refractivity contribution in [2.45, 2.75) is 19.4 Å². The van der Waals surface area contributed by atoms with Gasteiger partial charge in [0.2, 0.25) is 0 Å². The zero-order chi connectivity index (χ0) is 25.5. The lowest BCUT2D eigenvalue weighted by Crippen LogP contribution is -2.31. The molecular formula is C29H29NO6. The number of benzene rings is 3. The number of hydrogen-bond donors (Lipinski definition) is 1. The summed E-state index contributed by atoms with van der Waals surface area (Å²) in [5.41, 5.74) is 1.13. The zero-order valence-electron chi connectivity index (χ0n) is 20.3. The van der Waals surface area contributed by atoms with Crippen LogP contribution in [0.3, 0.4) is 0 Å². The van der Waals surface area contributed by atoms with Gasteiger partial charge in [-0.2, -0.15) is 0 Å². The summed E-state index contributed by atoms with van der Waals surface area (Å²) in [6, 6.07) is 22.6. The first-order valence-electron chi connectivity index (χ1n) is 11.9. The Hall–Kier alpha value is -4.10. The molecule has 1 atom stereocenters. The Labute approximate surface area is 210 Å². The monoisotopic (exact) mass is 487 g/mol. The molecule has 1 heterocycles. The van der Waals surface area contributed by atoms with E-state index in [0.29, 0.717) is 54.6 Å². The van der Waals surface area contributed by atoms with E-state index in [1.165, 1.54) is 4.90 Å². The number of nitrogens with zero attached hydrogens (tertiary/aromatic N) is 1. The molecule has 1 N–H and O–H groups in total. The summed E-state index contributed by atoms with van der Waals surface area (Å²) in [4.78, 5) is 27.8. The maximum atomic E-state index is 13.2. The molecule has 0 spiro atoms. The van der Waals surface area contributed by atoms with Gasteiger partial charge in [0.1, 0.15) is 23.0 Å². The zero-order valence-corrected chi connectivity index (χ0v) is 20.3. The third-order valence-electron chi connectivity index (χ3n) is 5.88. The largest absolute Gasteiger partial charge is 0.507 e. The lowest BCUT2D eigenvalue weighted by molar-refractivity contribution is -0.140. The van der Waals surface area contributed by atoms with Gasteiger partial charge in [-0.05, 0) is 67.4 Å². The number of amides is 1. The van der Waals surface area contributed by atoms with Crippen LogP contribution in [0.4, 0.5) is 0 Å². The van der Waals surface area contributed by atoms with Gasteiger partial charge < -0.3 is 24.2 Å². The van der Waals surface area contributed by atoms with Crippen LogP contribution in [0.15, 0.2) is 84.4 Å². The van der Waals surface area contributed by atoms with Gasteiger partial charge >= 0.3 is 0 Å². The van der Waals surface area contributed by atoms with E-state index < -0.39 is 17.7 Å². The molecular weight excluding hydrogens is 458 g/mol. The Kier molecular flexibility index (Phi) is 8.02. The molecule has 7 nitrogen and oxygen atoms in total. The highest BCUT2D eigenvalue weighted by molar-refractivity contribution is 6.46. The predicted octanol–water partition coefficient (Wildman–Crippen LogP) is 5.34. The van der Waals surface area contributed by atoms with Crippen LogP contribution >= 0.6 is 0 Å². The van der Waals surface area contributed by atoms with Crippen LogP contribution in [0.5, 0.6) is 17.2 Å². The van der Waals surface area contributed by atoms with E-state index in [4.69, 9.17) is 14.2 Å². The van der Waals surface area contributed by atoms with E-state index in [-0.39, 0.29) is 11.3 Å². The SMILES string of the molecule is CCOc1ccc(C(O)=C2C(=O)C(=O)N(CCCOC)C2c2cccc(Oc3ccccc3)c2)cc1. The number of rotatable bonds is 10. The number of aliphatic hydroxyl groups is 1. The number of likely N-dealkylation sites (tertiary alicyclic amines) is 1. The smallest absolute Gasteiger partial charge is 0.295 e. The standard InChI is InChI=1S/C29H29NO6/c1-3-35-22-15-13-20(14-16-22)27(31)25-26(30(17-8-18-34-2)29(33)28(25)32)21-9-7-12-24(19-21)36-23-10-5-4-6-11-23/h4-7,9-16,19,26,31H,3,8,17-18H2,1-2H3. The molecule has 0 bridgehead atoms. The van der Waals surface area contributed by atoms with Crippen molar-refractivity contribution in [3.63, 3.8) is 0 Å². The number of ketones is 1. The van der Waals surface area contributed by atoms with Crippen LogP contribution in [0, 0.1) is 0 Å². The second-order valence-electron chi connectivity index (χ2n) is 8.28. The topological polar surface area (TPSA) is 85.3 Å². The van der Waals surface area contributed by atoms with E-state index in [9.17, 15) is 14.7 Å². The van der Waals surface area contributed by atoms with Crippen LogP contribution in [0.25, 0.3) is 5.76 Å². The number of Topliss-reactive ketones (excluding diaryl/α,β-unsaturated/α-hetero) is 1. The molecule has 1 fully saturated rings. The van der Waals surface area contributed by atoms with Gasteiger partial charge in [-0.25, -0.2) is 0 Å². The Morgan fingerprint density at radius 3 is 2.33 bits per heavy atom. The van der Waals surface area contributed by atoms with Crippen LogP contribution in [0.1, 0.15) is 30.5 Å². The van der Waals surface area contributed by atoms with E-state index in [1.54, 1.807) is 49.6 Å². The number of hydrogen-bond acceptors (Lipinski definition) is 6. The van der Waals surface area contributed by atoms with Crippen molar-refractivity contribution in [1.82, 2.24) is 4.90 Å². The summed E-state index contributed by atoms with van der Waals surface area (Å²) in [7, 11) is 1.59. The maximum absolute atomic E-state index is 13.2. The lowest BCUT2D eigenvalue weighted by atomic mass is 9.95. The molecule has 0 aromatic heterocycles. The second kappa shape index (κ2) is 11.6. The first-order chi connectivity index (χ1) is 17.5. The Balaban J connectivity index is 1.76. The number of aliphatic hydroxyl groups excluding tert-OH is 1. The summed E-state index contributed by atoms with van der Waals surface area (Å²) in [5, 5.41) is 11.2. The van der Waals surface area contributed by atoms with Gasteiger partial charge in [0.25, 0.3) is 11.7 Å². The van der Waals surface area contributed by atoms with Crippen molar-refractivity contribution in [2.75, 3.05) is 26.9 Å². The molecule has 1 aliphatic heterocycles. The molecule has 0 aliphatic carbocycles. The van der Waals surface area contributed by atoms with E-state index in [0.717, 1.165) is 0 Å². The molecule has 4 rings (SSSR count). The van der Waals surface area contributed by atoms with Crippen LogP contribution in [0.2, 0.25) is 0 Å². The molecule has 3 aromatic rings. The van der Waals surface area contributed by atoms with Gasteiger partial charge in [-0.1, -0.05) is 30.3 Å². The molecule has 0 radical (unpaired) electrons. The minimum Gasteiger partial charge on any atom is -0.507 e. The molecule has 36 heavy (non-hydrogen) atoms. The van der Waals surface area contributed by atoms with Gasteiger partial charge in [0, 0.05) is 25.8 Å². The highest BCUT2D eigenvalue weighted by atomic mass is 16.5. The van der Waals surface area contributed by atoms with Crippen molar-refractivity contribution < 1.29 is 28.9 Å². The molecule has 1 aliphatic rings. The van der Waals surface area contributed by atoms with Crippen LogP contribution in [-0.4, -0.2) is 48.6 Å². The highest BCUT2D eigenvalue weighted by Crippen LogP contribution is 2.40. The first kappa shape index (κ1) is 25.0. The van der Waals surface area contributed by atoms with E-state index in [2.05, 4.69) is 0 Å². The number of carbonyl (C=O) groups is 2. The van der Waals surface area contributed by atoms with Crippen molar-refractivity contribution in [3.8, 4) is 17.2 Å². The minimum absolute atomic E-state index is 0.0402. The molecule has 7 heteroatoms. The molecule has 1 saturated heterocycles. The number of carbonyl (C=O) groups excluding carboxylic acids is 2. The van der Waals surface area contributed by atoms with Crippen molar-refractivity contribution >= 4 is 17.4 Å². The molecule has 1 amide bonds. The molecule has 1 unspecified atom stereocenters. The van der Waals surface area contributed by atoms with Crippen molar-refractivity contribution in [1.29, 1.82) is 0 Å². The highest BCUT2D eigenvalue weighted by Gasteiger charge is 2.45. The summed E-state index contributed by atoms with van der Waals surface area (Å²) in [6.45, 7) is 3.13. The number of methoxy groups -OCH3 is 1. The number of ether oxygens (including phenoxy) is 3. The molecule has 3 aromatic carbocycles. The fourth-order valence-electron chi connectivity index (χ4n) is 4.24. The summed E-state index contributed by atoms with van der Waals surface area (Å²) in [6.07, 6.45) is 0.545. The summed E-state index contributed by atoms with van der Waals surface area (Å²) < 4.78 is 16.6. The average molecular weight is 488 g/mol. The van der Waals surface area contributed by atoms with E-state index >= 15 is 0 Å². The van der Waals surface area contributed by atoms with Gasteiger partial charge in [0.15, 0.2) is 0 Å². The molecule has 186 valence electrons. The fraction of sp³-hybridized carbons (Fsp3) is 0.241. The summed E-state index contributed by atoms with van der Waals surface area (Å²) in [5.74, 6) is 0.262. The van der Waals surface area contributed by atoms with E-state index in [1.807, 2.05) is 43.3 Å². The maximum Gasteiger partial charge on any atom is 0.295 e. The van der Waals surface area contributed by atoms with Crippen molar-refractivity contribution in [2.24, 2.45) is 0 Å². The van der Waals surface area contributed by atoms with Gasteiger partial charge in [-0.3, -0.25) is 9.59 Å². The minimum atomic E-state index is -0.771. The van der Waals surface area contributed by atoms with Gasteiger partial charge in [-0.15, -0.1) is 0 Å². The lowest BCUT2D eigenvalue weighted by Gasteiger charge is -2.25. The Morgan fingerprint density at radius 2 is 1.64 bits per heavy atom. The average Bonchev–Trinajstić information content (AvgIpc) is 3.15. The predicted molar refractivity (Wildman–Crippen MR) is 136 cm³/mol. The van der Waals surface area contributed by atoms with Crippen LogP contribution in [-0.2, 0) is 14.3 Å². The Morgan fingerprint density at radius 1 is 0.917 bits per heavy atom. The molecule has 0 saturated carbocycles. The number of para-hydroxylation sites is 1.